The zero-order valence-corrected chi connectivity index (χ0v) is 42.2. The summed E-state index contributed by atoms with van der Waals surface area (Å²) in [7, 11) is 0. The molecule has 0 aliphatic carbocycles. The average molecular weight is 903 g/mol. The molecule has 0 aromatic rings. The van der Waals surface area contributed by atoms with Crippen LogP contribution in [0.25, 0.3) is 0 Å². The van der Waals surface area contributed by atoms with Gasteiger partial charge >= 0.3 is 17.9 Å². The van der Waals surface area contributed by atoms with Crippen molar-refractivity contribution in [1.29, 1.82) is 0 Å². The number of hydrogen-bond acceptors (Lipinski definition) is 6. The Balaban J connectivity index is 4.51. The molecule has 6 heteroatoms. The summed E-state index contributed by atoms with van der Waals surface area (Å²) in [5.74, 6) is -0.974. The van der Waals surface area contributed by atoms with Crippen LogP contribution in [0, 0.1) is 0 Å². The third-order valence-electron chi connectivity index (χ3n) is 11.0. The Bertz CT molecular complexity index is 1310. The van der Waals surface area contributed by atoms with Crippen molar-refractivity contribution in [2.24, 2.45) is 0 Å². The molecule has 0 aliphatic heterocycles. The Morgan fingerprint density at radius 2 is 0.600 bits per heavy atom. The number of esters is 3. The maximum absolute atomic E-state index is 12.8. The zero-order chi connectivity index (χ0) is 47.2. The molecule has 0 rings (SSSR count). The van der Waals surface area contributed by atoms with E-state index in [9.17, 15) is 14.4 Å². The summed E-state index contributed by atoms with van der Waals surface area (Å²) in [6, 6.07) is 0. The Labute approximate surface area is 400 Å². The molecule has 0 heterocycles. The molecule has 0 radical (unpaired) electrons. The monoisotopic (exact) mass is 903 g/mol. The van der Waals surface area contributed by atoms with Gasteiger partial charge in [-0.15, -0.1) is 0 Å². The van der Waals surface area contributed by atoms with E-state index in [1.807, 2.05) is 0 Å². The lowest BCUT2D eigenvalue weighted by molar-refractivity contribution is -0.167. The zero-order valence-electron chi connectivity index (χ0n) is 42.2. The van der Waals surface area contributed by atoms with Crippen molar-refractivity contribution in [2.45, 2.75) is 245 Å². The van der Waals surface area contributed by atoms with Gasteiger partial charge in [-0.3, -0.25) is 14.4 Å². The molecule has 0 saturated heterocycles. The summed E-state index contributed by atoms with van der Waals surface area (Å²) >= 11 is 0. The number of unbranched alkanes of at least 4 members (excludes halogenated alkanes) is 20. The van der Waals surface area contributed by atoms with Gasteiger partial charge in [0.25, 0.3) is 0 Å². The van der Waals surface area contributed by atoms with E-state index in [-0.39, 0.29) is 31.1 Å². The first-order valence-electron chi connectivity index (χ1n) is 26.7. The predicted molar refractivity (Wildman–Crippen MR) is 279 cm³/mol. The smallest absolute Gasteiger partial charge is 0.306 e. The van der Waals surface area contributed by atoms with Crippen molar-refractivity contribution in [1.82, 2.24) is 0 Å². The lowest BCUT2D eigenvalue weighted by atomic mass is 10.1. The molecular weight excluding hydrogens is 805 g/mol. The molecule has 0 N–H and O–H groups in total. The summed E-state index contributed by atoms with van der Waals surface area (Å²) in [4.78, 5) is 38.0. The van der Waals surface area contributed by atoms with Crippen molar-refractivity contribution in [3.8, 4) is 0 Å². The van der Waals surface area contributed by atoms with Gasteiger partial charge in [0.15, 0.2) is 6.10 Å². The minimum absolute atomic E-state index is 0.103. The molecular formula is C59H98O6. The topological polar surface area (TPSA) is 78.9 Å². The quantitative estimate of drug-likeness (QED) is 0.0262. The van der Waals surface area contributed by atoms with Gasteiger partial charge in [-0.05, 0) is 122 Å². The SMILES string of the molecule is CC/C=C\C/C=C\C/C=C\C/C=C\CCCCC(=O)OC[C@H](COC(=O)CCCCCCCCC/C=C\CCCCCC)OC(=O)CCCCCC/C=C\C/C=C\C/C=C\CCCCC. The molecule has 65 heavy (non-hydrogen) atoms. The van der Waals surface area contributed by atoms with Crippen LogP contribution in [0.4, 0.5) is 0 Å². The second-order valence-corrected chi connectivity index (χ2v) is 17.4. The van der Waals surface area contributed by atoms with Crippen LogP contribution < -0.4 is 0 Å². The molecule has 370 valence electrons. The van der Waals surface area contributed by atoms with Crippen LogP contribution in [0.1, 0.15) is 239 Å². The molecule has 0 aromatic heterocycles. The maximum Gasteiger partial charge on any atom is 0.306 e. The number of carbonyl (C=O) groups is 3. The van der Waals surface area contributed by atoms with E-state index in [2.05, 4.69) is 118 Å². The second kappa shape index (κ2) is 52.9. The normalized spacial score (nSPS) is 12.8. The lowest BCUT2D eigenvalue weighted by Crippen LogP contribution is -2.30. The van der Waals surface area contributed by atoms with Crippen LogP contribution >= 0.6 is 0 Å². The largest absolute Gasteiger partial charge is 0.462 e. The van der Waals surface area contributed by atoms with E-state index < -0.39 is 6.10 Å². The van der Waals surface area contributed by atoms with Gasteiger partial charge in [0, 0.05) is 19.3 Å². The van der Waals surface area contributed by atoms with Gasteiger partial charge in [-0.25, -0.2) is 0 Å². The van der Waals surface area contributed by atoms with E-state index in [1.54, 1.807) is 0 Å². The van der Waals surface area contributed by atoms with Crippen molar-refractivity contribution >= 4 is 17.9 Å². The predicted octanol–water partition coefficient (Wildman–Crippen LogP) is 17.8. The van der Waals surface area contributed by atoms with E-state index >= 15 is 0 Å². The Hall–Kier alpha value is -3.67. The molecule has 0 saturated carbocycles. The summed E-state index contributed by atoms with van der Waals surface area (Å²) in [5, 5.41) is 0. The Morgan fingerprint density at radius 3 is 1.02 bits per heavy atom. The lowest BCUT2D eigenvalue weighted by Gasteiger charge is -2.18. The molecule has 0 spiro atoms. The fraction of sp³-hybridized carbons (Fsp3) is 0.678. The third-order valence-corrected chi connectivity index (χ3v) is 11.0. The van der Waals surface area contributed by atoms with Gasteiger partial charge in [-0.2, -0.15) is 0 Å². The van der Waals surface area contributed by atoms with E-state index in [0.717, 1.165) is 109 Å². The van der Waals surface area contributed by atoms with Gasteiger partial charge in [0.1, 0.15) is 13.2 Å². The molecule has 0 amide bonds. The number of allylic oxidation sites excluding steroid dienone is 16. The van der Waals surface area contributed by atoms with Gasteiger partial charge in [-0.1, -0.05) is 195 Å². The number of hydrogen-bond donors (Lipinski definition) is 0. The fourth-order valence-corrected chi connectivity index (χ4v) is 7.02. The standard InChI is InChI=1S/C59H98O6/c1-4-7-10-13-16-19-22-25-28-29-32-35-38-41-44-47-50-53-59(62)65-56(54-63-57(60)51-48-45-42-39-36-33-30-26-23-20-17-14-11-8-5-2)55-64-58(61)52-49-46-43-40-37-34-31-27-24-21-18-15-12-9-6-3/h8,11,16-17,19-21,24-26,28,30,32,35-36,39,56H,4-7,9-10,12-15,18,22-23,27,29,31,33-34,37-38,40-55H2,1-3H3/b11-8-,19-16-,20-17-,24-21-,28-25-,30-26-,35-32-,39-36-/t56-/m1/s1. The summed E-state index contributed by atoms with van der Waals surface area (Å²) in [6.07, 6.45) is 69.6. The summed E-state index contributed by atoms with van der Waals surface area (Å²) in [6.45, 7) is 6.42. The molecule has 0 fully saturated rings. The first-order chi connectivity index (χ1) is 32.0. The first kappa shape index (κ1) is 61.3. The van der Waals surface area contributed by atoms with E-state index in [1.165, 1.54) is 89.9 Å². The molecule has 0 aromatic carbocycles. The van der Waals surface area contributed by atoms with Crippen LogP contribution in [0.15, 0.2) is 97.2 Å². The average Bonchev–Trinajstić information content (AvgIpc) is 3.30. The minimum atomic E-state index is -0.809. The van der Waals surface area contributed by atoms with Gasteiger partial charge < -0.3 is 14.2 Å². The van der Waals surface area contributed by atoms with Crippen molar-refractivity contribution in [3.63, 3.8) is 0 Å². The number of rotatable bonds is 47. The molecule has 1 atom stereocenters. The van der Waals surface area contributed by atoms with E-state index in [0.29, 0.717) is 19.3 Å². The van der Waals surface area contributed by atoms with Crippen LogP contribution in [0.3, 0.4) is 0 Å². The van der Waals surface area contributed by atoms with E-state index in [4.69, 9.17) is 14.2 Å². The fourth-order valence-electron chi connectivity index (χ4n) is 7.02. The van der Waals surface area contributed by atoms with Crippen molar-refractivity contribution in [2.75, 3.05) is 13.2 Å². The molecule has 6 nitrogen and oxygen atoms in total. The molecule has 0 unspecified atom stereocenters. The minimum Gasteiger partial charge on any atom is -0.462 e. The highest BCUT2D eigenvalue weighted by Gasteiger charge is 2.19. The van der Waals surface area contributed by atoms with Crippen LogP contribution in [0.5, 0.6) is 0 Å². The van der Waals surface area contributed by atoms with Crippen molar-refractivity contribution < 1.29 is 28.6 Å². The third kappa shape index (κ3) is 51.2. The summed E-state index contributed by atoms with van der Waals surface area (Å²) in [5.41, 5.74) is 0. The Morgan fingerprint density at radius 1 is 0.323 bits per heavy atom. The highest BCUT2D eigenvalue weighted by atomic mass is 16.6. The Kier molecular flexibility index (Phi) is 50.0. The molecule has 0 aliphatic rings. The highest BCUT2D eigenvalue weighted by molar-refractivity contribution is 5.71. The van der Waals surface area contributed by atoms with Crippen LogP contribution in [0.2, 0.25) is 0 Å². The number of carbonyl (C=O) groups excluding carboxylic acids is 3. The second-order valence-electron chi connectivity index (χ2n) is 17.4. The van der Waals surface area contributed by atoms with Crippen molar-refractivity contribution in [3.05, 3.63) is 97.2 Å². The number of ether oxygens (including phenoxy) is 3. The molecule has 0 bridgehead atoms. The maximum atomic E-state index is 12.8. The summed E-state index contributed by atoms with van der Waals surface area (Å²) < 4.78 is 16.8. The van der Waals surface area contributed by atoms with Crippen LogP contribution in [-0.2, 0) is 28.6 Å². The first-order valence-corrected chi connectivity index (χ1v) is 26.7. The van der Waals surface area contributed by atoms with Crippen LogP contribution in [-0.4, -0.2) is 37.2 Å². The van der Waals surface area contributed by atoms with Gasteiger partial charge in [0.2, 0.25) is 0 Å². The highest BCUT2D eigenvalue weighted by Crippen LogP contribution is 2.13. The van der Waals surface area contributed by atoms with Gasteiger partial charge in [0.05, 0.1) is 0 Å².